The number of aromatic nitrogens is 3. The van der Waals surface area contributed by atoms with Crippen LogP contribution in [0.3, 0.4) is 0 Å². The molecule has 0 aliphatic rings. The van der Waals surface area contributed by atoms with Gasteiger partial charge in [-0.2, -0.15) is 31.4 Å². The second-order valence-electron chi connectivity index (χ2n) is 9.46. The van der Waals surface area contributed by atoms with Gasteiger partial charge in [0.05, 0.1) is 16.8 Å². The van der Waals surface area contributed by atoms with Crippen molar-refractivity contribution in [3.05, 3.63) is 114 Å². The smallest absolute Gasteiger partial charge is 0.488 e. The summed E-state index contributed by atoms with van der Waals surface area (Å²) < 4.78 is 109. The minimum absolute atomic E-state index is 0.0547. The van der Waals surface area contributed by atoms with Crippen LogP contribution in [0.1, 0.15) is 21.6 Å². The van der Waals surface area contributed by atoms with E-state index in [9.17, 15) is 44.7 Å². The van der Waals surface area contributed by atoms with Crippen LogP contribution in [0.15, 0.2) is 102 Å². The molecule has 232 valence electrons. The van der Waals surface area contributed by atoms with Gasteiger partial charge in [-0.05, 0) is 53.1 Å². The maximum absolute atomic E-state index is 13.7. The fourth-order valence-electron chi connectivity index (χ4n) is 4.36. The zero-order valence-corrected chi connectivity index (χ0v) is 23.4. The lowest BCUT2D eigenvalue weighted by atomic mass is 10.0. The highest BCUT2D eigenvalue weighted by atomic mass is 32.2. The highest BCUT2D eigenvalue weighted by Crippen LogP contribution is 2.35. The third kappa shape index (κ3) is 6.38. The van der Waals surface area contributed by atoms with Crippen LogP contribution < -0.4 is 4.74 Å². The summed E-state index contributed by atoms with van der Waals surface area (Å²) in [4.78, 5) is 14.8. The molecule has 3 aromatic carbocycles. The molecule has 0 amide bonds. The summed E-state index contributed by atoms with van der Waals surface area (Å²) in [6, 6.07) is 21.9. The first kappa shape index (κ1) is 31.3. The van der Waals surface area contributed by atoms with E-state index in [0.717, 1.165) is 12.1 Å². The summed E-state index contributed by atoms with van der Waals surface area (Å²) in [6.45, 7) is 0.0547. The summed E-state index contributed by atoms with van der Waals surface area (Å²) in [7, 11) is -5.46. The zero-order valence-electron chi connectivity index (χ0n) is 22.5. The third-order valence-corrected chi connectivity index (χ3v) is 8.04. The van der Waals surface area contributed by atoms with Gasteiger partial charge >= 0.3 is 17.7 Å². The van der Waals surface area contributed by atoms with Crippen molar-refractivity contribution in [3.8, 4) is 34.0 Å². The molecule has 5 aromatic rings. The van der Waals surface area contributed by atoms with Crippen LogP contribution in [0, 0.1) is 0 Å². The number of rotatable bonds is 8. The Morgan fingerprint density at radius 3 is 2.04 bits per heavy atom. The normalized spacial score (nSPS) is 12.2. The predicted octanol–water partition coefficient (Wildman–Crippen LogP) is 7.19. The Hall–Kier alpha value is -5.18. The van der Waals surface area contributed by atoms with Crippen molar-refractivity contribution in [1.82, 2.24) is 14.8 Å². The third-order valence-electron chi connectivity index (χ3n) is 6.53. The van der Waals surface area contributed by atoms with Gasteiger partial charge in [0.1, 0.15) is 17.9 Å². The number of carboxylic acids is 1. The molecule has 1 N–H and O–H groups in total. The number of aromatic carboxylic acids is 1. The van der Waals surface area contributed by atoms with Gasteiger partial charge in [-0.1, -0.05) is 54.6 Å². The van der Waals surface area contributed by atoms with E-state index in [1.165, 1.54) is 24.3 Å². The molecule has 0 aliphatic carbocycles. The number of hydrogen-bond acceptors (Lipinski definition) is 6. The number of nitrogens with zero attached hydrogens (tertiary/aromatic N) is 3. The molecule has 0 unspecified atom stereocenters. The molecular weight excluding hydrogens is 628 g/mol. The van der Waals surface area contributed by atoms with Gasteiger partial charge in [0.25, 0.3) is 9.84 Å². The van der Waals surface area contributed by atoms with Crippen molar-refractivity contribution in [3.63, 3.8) is 0 Å². The van der Waals surface area contributed by atoms with Crippen LogP contribution in [-0.4, -0.2) is 39.8 Å². The summed E-state index contributed by atoms with van der Waals surface area (Å²) in [5.74, 6) is -1.71. The molecule has 0 bridgehead atoms. The lowest BCUT2D eigenvalue weighted by Gasteiger charge is -2.14. The number of sulfone groups is 1. The molecule has 0 spiro atoms. The Balaban J connectivity index is 1.35. The first-order valence-corrected chi connectivity index (χ1v) is 14.2. The Bertz CT molecular complexity index is 1970. The van der Waals surface area contributed by atoms with Crippen molar-refractivity contribution in [2.75, 3.05) is 0 Å². The zero-order chi connectivity index (χ0) is 32.6. The molecule has 0 radical (unpaired) electrons. The molecule has 8 nitrogen and oxygen atoms in total. The topological polar surface area (TPSA) is 111 Å². The maximum atomic E-state index is 13.7. The van der Waals surface area contributed by atoms with Gasteiger partial charge in [0.15, 0.2) is 11.5 Å². The van der Waals surface area contributed by atoms with Crippen LogP contribution in [0.2, 0.25) is 0 Å². The molecule has 5 rings (SSSR count). The van der Waals surface area contributed by atoms with Crippen LogP contribution in [0.5, 0.6) is 5.75 Å². The standard InChI is InChI=1S/C30H19F6N3O5S/c31-29(32,33)27-23(28(40)41)16-37-39(27)26-7-3-5-24(38-26)22-4-1-2-6-25(22)44-17-18-8-10-19(11-9-18)20-12-14-21(15-13-20)45(42,43)30(34,35)36/h1-16H,17H2,(H,40,41). The van der Waals surface area contributed by atoms with Gasteiger partial charge in [0, 0.05) is 5.56 Å². The van der Waals surface area contributed by atoms with Gasteiger partial charge in [-0.3, -0.25) is 0 Å². The van der Waals surface area contributed by atoms with Crippen molar-refractivity contribution in [2.24, 2.45) is 0 Å². The molecule has 0 saturated heterocycles. The SMILES string of the molecule is O=C(O)c1cnn(-c2cccc(-c3ccccc3OCc3ccc(-c4ccc(S(=O)(=O)C(F)(F)F)cc4)cc3)n2)c1C(F)(F)F. The van der Waals surface area contributed by atoms with Gasteiger partial charge in [-0.25, -0.2) is 22.9 Å². The van der Waals surface area contributed by atoms with Gasteiger partial charge in [-0.15, -0.1) is 0 Å². The molecule has 0 aliphatic heterocycles. The highest BCUT2D eigenvalue weighted by molar-refractivity contribution is 7.92. The largest absolute Gasteiger partial charge is 0.501 e. The summed E-state index contributed by atoms with van der Waals surface area (Å²) >= 11 is 0. The molecule has 2 aromatic heterocycles. The number of carboxylic acid groups (broad SMARTS) is 1. The van der Waals surface area contributed by atoms with Crippen LogP contribution >= 0.6 is 0 Å². The number of hydrogen-bond donors (Lipinski definition) is 1. The lowest BCUT2D eigenvalue weighted by molar-refractivity contribution is -0.143. The van der Waals surface area contributed by atoms with Crippen molar-refractivity contribution < 1.29 is 49.4 Å². The van der Waals surface area contributed by atoms with Crippen LogP contribution in [0.4, 0.5) is 26.3 Å². The number of halogens is 6. The van der Waals surface area contributed by atoms with E-state index < -0.39 is 43.6 Å². The Labute approximate surface area is 251 Å². The number of carbonyl (C=O) groups is 1. The van der Waals surface area contributed by atoms with E-state index in [-0.39, 0.29) is 18.1 Å². The van der Waals surface area contributed by atoms with Crippen LogP contribution in [-0.2, 0) is 22.6 Å². The number of para-hydroxylation sites is 1. The van der Waals surface area contributed by atoms with Crippen molar-refractivity contribution >= 4 is 15.8 Å². The Morgan fingerprint density at radius 2 is 1.44 bits per heavy atom. The second-order valence-corrected chi connectivity index (χ2v) is 11.4. The number of benzene rings is 3. The van der Waals surface area contributed by atoms with E-state index in [1.807, 2.05) is 0 Å². The van der Waals surface area contributed by atoms with E-state index in [2.05, 4.69) is 10.1 Å². The molecule has 15 heteroatoms. The van der Waals surface area contributed by atoms with Crippen molar-refractivity contribution in [2.45, 2.75) is 23.2 Å². The first-order chi connectivity index (χ1) is 21.2. The molecular formula is C30H19F6N3O5S. The second kappa shape index (κ2) is 11.7. The van der Waals surface area contributed by atoms with Crippen LogP contribution in [0.25, 0.3) is 28.2 Å². The molecule has 0 fully saturated rings. The van der Waals surface area contributed by atoms with E-state index >= 15 is 0 Å². The monoisotopic (exact) mass is 647 g/mol. The number of alkyl halides is 6. The number of ether oxygens (including phenoxy) is 1. The minimum atomic E-state index is -5.46. The maximum Gasteiger partial charge on any atom is 0.501 e. The number of pyridine rings is 1. The molecule has 2 heterocycles. The molecule has 45 heavy (non-hydrogen) atoms. The Morgan fingerprint density at radius 1 is 0.822 bits per heavy atom. The fraction of sp³-hybridized carbons (Fsp3) is 0.100. The molecule has 0 atom stereocenters. The van der Waals surface area contributed by atoms with E-state index in [4.69, 9.17) is 4.74 Å². The average Bonchev–Trinajstić information content (AvgIpc) is 3.47. The van der Waals surface area contributed by atoms with E-state index in [1.54, 1.807) is 54.6 Å². The molecule has 0 saturated carbocycles. The van der Waals surface area contributed by atoms with Gasteiger partial charge in [0.2, 0.25) is 0 Å². The predicted molar refractivity (Wildman–Crippen MR) is 148 cm³/mol. The van der Waals surface area contributed by atoms with Crippen molar-refractivity contribution in [1.29, 1.82) is 0 Å². The fourth-order valence-corrected chi connectivity index (χ4v) is 5.12. The average molecular weight is 648 g/mol. The lowest BCUT2D eigenvalue weighted by Crippen LogP contribution is -2.23. The Kier molecular flexibility index (Phi) is 8.14. The van der Waals surface area contributed by atoms with E-state index in [0.29, 0.717) is 38.9 Å². The first-order valence-electron chi connectivity index (χ1n) is 12.8. The quantitative estimate of drug-likeness (QED) is 0.178. The summed E-state index contributed by atoms with van der Waals surface area (Å²) in [6.07, 6.45) is -4.41. The van der Waals surface area contributed by atoms with Gasteiger partial charge < -0.3 is 9.84 Å². The summed E-state index contributed by atoms with van der Waals surface area (Å²) in [5, 5.41) is 12.8. The minimum Gasteiger partial charge on any atom is -0.488 e. The highest BCUT2D eigenvalue weighted by Gasteiger charge is 2.46. The summed E-state index contributed by atoms with van der Waals surface area (Å²) in [5.41, 5.74) is -5.44.